The molecule has 0 heterocycles. The topological polar surface area (TPSA) is 65.0 Å². The highest BCUT2D eigenvalue weighted by Gasteiger charge is 2.17. The first-order valence-corrected chi connectivity index (χ1v) is 11.0. The molecule has 0 saturated heterocycles. The molecular weight excluding hydrogens is 410 g/mol. The van der Waals surface area contributed by atoms with Crippen LogP contribution in [0.1, 0.15) is 5.56 Å². The van der Waals surface area contributed by atoms with Crippen LogP contribution in [0.25, 0.3) is 0 Å². The van der Waals surface area contributed by atoms with Crippen molar-refractivity contribution in [1.82, 2.24) is 0 Å². The molecular formula is C25H19NO4S. The molecule has 0 aliphatic rings. The Kier molecular flexibility index (Phi) is 6.10. The average molecular weight is 429 g/mol. The van der Waals surface area contributed by atoms with E-state index >= 15 is 0 Å². The predicted molar refractivity (Wildman–Crippen MR) is 121 cm³/mol. The van der Waals surface area contributed by atoms with E-state index in [-0.39, 0.29) is 10.6 Å². The maximum absolute atomic E-state index is 12.5. The van der Waals surface area contributed by atoms with E-state index in [4.69, 9.17) is 8.92 Å². The summed E-state index contributed by atoms with van der Waals surface area (Å²) in [6, 6.07) is 31.7. The number of nitrogens with zero attached hydrogens (tertiary/aromatic N) is 1. The third kappa shape index (κ3) is 5.38. The minimum atomic E-state index is -3.93. The van der Waals surface area contributed by atoms with E-state index in [9.17, 15) is 8.42 Å². The van der Waals surface area contributed by atoms with Gasteiger partial charge in [0.1, 0.15) is 16.4 Å². The second kappa shape index (κ2) is 9.28. The molecule has 0 atom stereocenters. The minimum absolute atomic E-state index is 0.0933. The van der Waals surface area contributed by atoms with E-state index in [1.807, 2.05) is 54.6 Å². The van der Waals surface area contributed by atoms with Gasteiger partial charge in [-0.2, -0.15) is 8.42 Å². The third-order valence-corrected chi connectivity index (χ3v) is 5.57. The van der Waals surface area contributed by atoms with Gasteiger partial charge in [0, 0.05) is 11.8 Å². The number of hydrogen-bond acceptors (Lipinski definition) is 5. The van der Waals surface area contributed by atoms with Crippen LogP contribution in [0.15, 0.2) is 119 Å². The molecule has 4 aromatic carbocycles. The van der Waals surface area contributed by atoms with Gasteiger partial charge in [-0.15, -0.1) is 0 Å². The number of benzene rings is 4. The lowest BCUT2D eigenvalue weighted by molar-refractivity contribution is 0.482. The molecule has 0 aliphatic carbocycles. The van der Waals surface area contributed by atoms with Crippen molar-refractivity contribution in [3.63, 3.8) is 0 Å². The van der Waals surface area contributed by atoms with Crippen LogP contribution in [0.2, 0.25) is 0 Å². The molecule has 4 rings (SSSR count). The van der Waals surface area contributed by atoms with Crippen molar-refractivity contribution in [2.45, 2.75) is 4.90 Å². The van der Waals surface area contributed by atoms with Crippen molar-refractivity contribution in [2.24, 2.45) is 4.99 Å². The Hall–Kier alpha value is -3.90. The summed E-state index contributed by atoms with van der Waals surface area (Å²) >= 11 is 0. The fraction of sp³-hybridized carbons (Fsp3) is 0. The van der Waals surface area contributed by atoms with Crippen molar-refractivity contribution in [3.8, 4) is 17.2 Å². The van der Waals surface area contributed by atoms with Crippen LogP contribution in [-0.4, -0.2) is 14.6 Å². The normalized spacial score (nSPS) is 11.4. The predicted octanol–water partition coefficient (Wildman–Crippen LogP) is 6.00. The van der Waals surface area contributed by atoms with E-state index in [1.54, 1.807) is 48.7 Å². The standard InChI is InChI=1S/C25H19NO4S/c27-31(28,24-12-5-2-6-13-24)30-25-14-8-7-9-20(25)19-26-21-15-17-23(18-16-21)29-22-10-3-1-4-11-22/h1-19H. The van der Waals surface area contributed by atoms with Gasteiger partial charge in [-0.25, -0.2) is 0 Å². The van der Waals surface area contributed by atoms with Gasteiger partial charge < -0.3 is 8.92 Å². The van der Waals surface area contributed by atoms with Gasteiger partial charge in [0.25, 0.3) is 0 Å². The second-order valence-electron chi connectivity index (χ2n) is 6.56. The molecule has 6 heteroatoms. The monoisotopic (exact) mass is 429 g/mol. The van der Waals surface area contributed by atoms with E-state index < -0.39 is 10.1 Å². The molecule has 0 bridgehead atoms. The Morgan fingerprint density at radius 1 is 0.645 bits per heavy atom. The molecule has 0 N–H and O–H groups in total. The maximum atomic E-state index is 12.5. The number of ether oxygens (including phenoxy) is 1. The molecule has 0 unspecified atom stereocenters. The van der Waals surface area contributed by atoms with Crippen LogP contribution in [0.3, 0.4) is 0 Å². The van der Waals surface area contributed by atoms with Gasteiger partial charge in [0.05, 0.1) is 5.69 Å². The highest BCUT2D eigenvalue weighted by Crippen LogP contribution is 2.25. The van der Waals surface area contributed by atoms with Gasteiger partial charge in [0.2, 0.25) is 0 Å². The summed E-state index contributed by atoms with van der Waals surface area (Å²) in [7, 11) is -3.93. The molecule has 31 heavy (non-hydrogen) atoms. The van der Waals surface area contributed by atoms with Crippen LogP contribution < -0.4 is 8.92 Å². The minimum Gasteiger partial charge on any atom is -0.457 e. The summed E-state index contributed by atoms with van der Waals surface area (Å²) in [4.78, 5) is 4.53. The number of hydrogen-bond donors (Lipinski definition) is 0. The third-order valence-electron chi connectivity index (χ3n) is 4.32. The van der Waals surface area contributed by atoms with Crippen molar-refractivity contribution >= 4 is 22.0 Å². The Morgan fingerprint density at radius 3 is 1.94 bits per heavy atom. The van der Waals surface area contributed by atoms with Gasteiger partial charge in [0.15, 0.2) is 5.75 Å². The van der Waals surface area contributed by atoms with Crippen molar-refractivity contribution in [2.75, 3.05) is 0 Å². The Bertz CT molecular complexity index is 1270. The maximum Gasteiger partial charge on any atom is 0.339 e. The highest BCUT2D eigenvalue weighted by molar-refractivity contribution is 7.87. The van der Waals surface area contributed by atoms with Crippen LogP contribution in [0.4, 0.5) is 5.69 Å². The first-order chi connectivity index (χ1) is 15.1. The van der Waals surface area contributed by atoms with Gasteiger partial charge in [-0.3, -0.25) is 4.99 Å². The first kappa shape index (κ1) is 20.4. The largest absolute Gasteiger partial charge is 0.457 e. The Morgan fingerprint density at radius 2 is 1.23 bits per heavy atom. The zero-order valence-corrected chi connectivity index (χ0v) is 17.3. The molecule has 0 saturated carbocycles. The van der Waals surface area contributed by atoms with Gasteiger partial charge in [-0.05, 0) is 60.7 Å². The Balaban J connectivity index is 1.50. The second-order valence-corrected chi connectivity index (χ2v) is 8.10. The van der Waals surface area contributed by atoms with Crippen molar-refractivity contribution in [3.05, 3.63) is 115 Å². The molecule has 4 aromatic rings. The number of aliphatic imine (C=N–C) groups is 1. The van der Waals surface area contributed by atoms with Crippen molar-refractivity contribution in [1.29, 1.82) is 0 Å². The molecule has 5 nitrogen and oxygen atoms in total. The molecule has 0 aromatic heterocycles. The zero-order chi connectivity index (χ0) is 21.5. The molecule has 0 radical (unpaired) electrons. The van der Waals surface area contributed by atoms with Crippen LogP contribution >= 0.6 is 0 Å². The lowest BCUT2D eigenvalue weighted by Gasteiger charge is -2.09. The first-order valence-electron chi connectivity index (χ1n) is 9.56. The molecule has 0 amide bonds. The van der Waals surface area contributed by atoms with E-state index in [0.29, 0.717) is 17.0 Å². The summed E-state index contributed by atoms with van der Waals surface area (Å²) in [6.07, 6.45) is 1.57. The fourth-order valence-corrected chi connectivity index (χ4v) is 3.76. The Labute approximate surface area is 181 Å². The van der Waals surface area contributed by atoms with E-state index in [2.05, 4.69) is 4.99 Å². The number of rotatable bonds is 7. The van der Waals surface area contributed by atoms with Crippen LogP contribution in [-0.2, 0) is 10.1 Å². The average Bonchev–Trinajstić information content (AvgIpc) is 2.80. The van der Waals surface area contributed by atoms with Crippen LogP contribution in [0, 0.1) is 0 Å². The van der Waals surface area contributed by atoms with Gasteiger partial charge >= 0.3 is 10.1 Å². The van der Waals surface area contributed by atoms with E-state index in [1.165, 1.54) is 12.1 Å². The van der Waals surface area contributed by atoms with Gasteiger partial charge in [-0.1, -0.05) is 48.5 Å². The molecule has 0 fully saturated rings. The van der Waals surface area contributed by atoms with E-state index in [0.717, 1.165) is 5.75 Å². The molecule has 0 spiro atoms. The lowest BCUT2D eigenvalue weighted by Crippen LogP contribution is -2.10. The summed E-state index contributed by atoms with van der Waals surface area (Å²) in [5, 5.41) is 0. The lowest BCUT2D eigenvalue weighted by atomic mass is 10.2. The number of para-hydroxylation sites is 2. The quantitative estimate of drug-likeness (QED) is 0.267. The summed E-state index contributed by atoms with van der Waals surface area (Å²) in [6.45, 7) is 0. The van der Waals surface area contributed by atoms with Crippen molar-refractivity contribution < 1.29 is 17.3 Å². The summed E-state index contributed by atoms with van der Waals surface area (Å²) in [5.41, 5.74) is 1.24. The highest BCUT2D eigenvalue weighted by atomic mass is 32.2. The fourth-order valence-electron chi connectivity index (χ4n) is 2.79. The zero-order valence-electron chi connectivity index (χ0n) is 16.5. The summed E-state index contributed by atoms with van der Waals surface area (Å²) < 4.78 is 36.2. The SMILES string of the molecule is O=S(=O)(Oc1ccccc1C=Nc1ccc(Oc2ccccc2)cc1)c1ccccc1. The summed E-state index contributed by atoms with van der Waals surface area (Å²) in [5.74, 6) is 1.66. The molecule has 154 valence electrons. The molecule has 0 aliphatic heterocycles. The van der Waals surface area contributed by atoms with Crippen LogP contribution in [0.5, 0.6) is 17.2 Å². The smallest absolute Gasteiger partial charge is 0.339 e.